The molecule has 0 aromatic heterocycles. The Morgan fingerprint density at radius 2 is 1.83 bits per heavy atom. The fourth-order valence-corrected chi connectivity index (χ4v) is 1.22. The number of hydrogen-bond acceptors (Lipinski definition) is 4. The predicted molar refractivity (Wildman–Crippen MR) is 69.1 cm³/mol. The second kappa shape index (κ2) is 10.4. The summed E-state index contributed by atoms with van der Waals surface area (Å²) in [6.45, 7) is 9.12. The molecule has 0 saturated heterocycles. The van der Waals surface area contributed by atoms with Crippen LogP contribution in [-0.2, 0) is 14.3 Å². The summed E-state index contributed by atoms with van der Waals surface area (Å²) in [7, 11) is 0. The van der Waals surface area contributed by atoms with Crippen LogP contribution in [0.2, 0.25) is 0 Å². The molecule has 0 rings (SSSR count). The number of hydrogen-bond donors (Lipinski definition) is 1. The SMILES string of the molecule is C=CCOC(=O)NC(CCCC)C(=O)OCC=C. The minimum Gasteiger partial charge on any atom is -0.460 e. The molecule has 1 N–H and O–H groups in total. The fraction of sp³-hybridized carbons (Fsp3) is 0.538. The molecule has 0 spiro atoms. The Bertz CT molecular complexity index is 289. The van der Waals surface area contributed by atoms with Gasteiger partial charge in [-0.05, 0) is 6.42 Å². The van der Waals surface area contributed by atoms with Gasteiger partial charge in [0.2, 0.25) is 0 Å². The van der Waals surface area contributed by atoms with Crippen molar-refractivity contribution in [3.63, 3.8) is 0 Å². The maximum absolute atomic E-state index is 11.7. The zero-order valence-corrected chi connectivity index (χ0v) is 10.8. The molecular weight excluding hydrogens is 234 g/mol. The molecule has 0 aliphatic carbocycles. The van der Waals surface area contributed by atoms with Crippen molar-refractivity contribution in [1.29, 1.82) is 0 Å². The standard InChI is InChI=1S/C13H21NO4/c1-4-7-8-11(12(15)17-9-5-2)14-13(16)18-10-6-3/h5-6,11H,2-4,7-10H2,1H3,(H,14,16). The van der Waals surface area contributed by atoms with Gasteiger partial charge in [0.15, 0.2) is 0 Å². The van der Waals surface area contributed by atoms with Crippen LogP contribution >= 0.6 is 0 Å². The van der Waals surface area contributed by atoms with Crippen LogP contribution in [0, 0.1) is 0 Å². The second-order valence-electron chi connectivity index (χ2n) is 3.65. The van der Waals surface area contributed by atoms with E-state index in [9.17, 15) is 9.59 Å². The van der Waals surface area contributed by atoms with Gasteiger partial charge in [-0.3, -0.25) is 0 Å². The Hall–Kier alpha value is -1.78. The number of carbonyl (C=O) groups is 2. The average molecular weight is 255 g/mol. The molecule has 0 heterocycles. The Morgan fingerprint density at radius 3 is 2.39 bits per heavy atom. The van der Waals surface area contributed by atoms with E-state index >= 15 is 0 Å². The number of ether oxygens (including phenoxy) is 2. The number of esters is 1. The van der Waals surface area contributed by atoms with Crippen molar-refractivity contribution in [2.45, 2.75) is 32.2 Å². The number of unbranched alkanes of at least 4 members (excludes halogenated alkanes) is 1. The Balaban J connectivity index is 4.27. The highest BCUT2D eigenvalue weighted by Crippen LogP contribution is 2.03. The van der Waals surface area contributed by atoms with Crippen molar-refractivity contribution in [1.82, 2.24) is 5.32 Å². The van der Waals surface area contributed by atoms with Gasteiger partial charge < -0.3 is 14.8 Å². The van der Waals surface area contributed by atoms with E-state index in [-0.39, 0.29) is 13.2 Å². The van der Waals surface area contributed by atoms with Gasteiger partial charge in [-0.2, -0.15) is 0 Å². The molecule has 102 valence electrons. The van der Waals surface area contributed by atoms with Crippen LogP contribution < -0.4 is 5.32 Å². The third-order valence-electron chi connectivity index (χ3n) is 2.10. The quantitative estimate of drug-likeness (QED) is 0.506. The first kappa shape index (κ1) is 16.2. The normalized spacial score (nSPS) is 11.2. The van der Waals surface area contributed by atoms with Gasteiger partial charge in [0.05, 0.1) is 0 Å². The molecule has 0 aromatic carbocycles. The maximum Gasteiger partial charge on any atom is 0.408 e. The summed E-state index contributed by atoms with van der Waals surface area (Å²) in [5.74, 6) is -0.473. The Labute approximate surface area is 108 Å². The lowest BCUT2D eigenvalue weighted by Crippen LogP contribution is -2.42. The van der Waals surface area contributed by atoms with Gasteiger partial charge in [0, 0.05) is 0 Å². The molecule has 1 unspecified atom stereocenters. The first-order chi connectivity index (χ1) is 8.65. The Kier molecular flexibility index (Phi) is 9.35. The lowest BCUT2D eigenvalue weighted by atomic mass is 10.1. The van der Waals surface area contributed by atoms with Crippen LogP contribution in [0.4, 0.5) is 4.79 Å². The van der Waals surface area contributed by atoms with Crippen molar-refractivity contribution < 1.29 is 19.1 Å². The topological polar surface area (TPSA) is 64.6 Å². The first-order valence-corrected chi connectivity index (χ1v) is 5.97. The van der Waals surface area contributed by atoms with E-state index in [1.807, 2.05) is 6.92 Å². The number of rotatable bonds is 9. The van der Waals surface area contributed by atoms with Gasteiger partial charge in [-0.15, -0.1) is 0 Å². The zero-order chi connectivity index (χ0) is 13.8. The molecule has 0 radical (unpaired) electrons. The maximum atomic E-state index is 11.7. The van der Waals surface area contributed by atoms with Crippen LogP contribution in [0.3, 0.4) is 0 Å². The predicted octanol–water partition coefficient (Wildman–Crippen LogP) is 2.19. The zero-order valence-electron chi connectivity index (χ0n) is 10.8. The van der Waals surface area contributed by atoms with Crippen LogP contribution in [0.25, 0.3) is 0 Å². The van der Waals surface area contributed by atoms with Gasteiger partial charge in [-0.25, -0.2) is 9.59 Å². The van der Waals surface area contributed by atoms with E-state index in [0.717, 1.165) is 12.8 Å². The molecular formula is C13H21NO4. The summed E-state index contributed by atoms with van der Waals surface area (Å²) in [6, 6.07) is -0.679. The molecule has 0 aliphatic heterocycles. The molecule has 1 amide bonds. The summed E-state index contributed by atoms with van der Waals surface area (Å²) < 4.78 is 9.67. The van der Waals surface area contributed by atoms with E-state index in [2.05, 4.69) is 18.5 Å². The van der Waals surface area contributed by atoms with Crippen LogP contribution in [0.15, 0.2) is 25.3 Å². The summed E-state index contributed by atoms with van der Waals surface area (Å²) in [5.41, 5.74) is 0. The monoisotopic (exact) mass is 255 g/mol. The van der Waals surface area contributed by atoms with Crippen LogP contribution in [0.1, 0.15) is 26.2 Å². The minimum absolute atomic E-state index is 0.105. The number of alkyl carbamates (subject to hydrolysis) is 1. The minimum atomic E-state index is -0.679. The lowest BCUT2D eigenvalue weighted by molar-refractivity contribution is -0.145. The van der Waals surface area contributed by atoms with E-state index in [1.165, 1.54) is 12.2 Å². The second-order valence-corrected chi connectivity index (χ2v) is 3.65. The average Bonchev–Trinajstić information content (AvgIpc) is 2.38. The third-order valence-corrected chi connectivity index (χ3v) is 2.10. The molecule has 0 saturated carbocycles. The van der Waals surface area contributed by atoms with E-state index < -0.39 is 18.1 Å². The summed E-state index contributed by atoms with van der Waals surface area (Å²) in [5, 5.41) is 2.48. The highest BCUT2D eigenvalue weighted by atomic mass is 16.6. The van der Waals surface area contributed by atoms with Crippen molar-refractivity contribution in [3.8, 4) is 0 Å². The van der Waals surface area contributed by atoms with Gasteiger partial charge in [-0.1, -0.05) is 45.1 Å². The highest BCUT2D eigenvalue weighted by Gasteiger charge is 2.21. The first-order valence-electron chi connectivity index (χ1n) is 5.97. The molecule has 0 bridgehead atoms. The molecule has 18 heavy (non-hydrogen) atoms. The summed E-state index contributed by atoms with van der Waals surface area (Å²) in [6.07, 6.45) is 4.55. The molecule has 1 atom stereocenters. The largest absolute Gasteiger partial charge is 0.460 e. The van der Waals surface area contributed by atoms with Gasteiger partial charge in [0.1, 0.15) is 19.3 Å². The summed E-state index contributed by atoms with van der Waals surface area (Å²) >= 11 is 0. The van der Waals surface area contributed by atoms with E-state index in [0.29, 0.717) is 6.42 Å². The molecule has 0 aromatic rings. The van der Waals surface area contributed by atoms with E-state index in [4.69, 9.17) is 9.47 Å². The van der Waals surface area contributed by atoms with Gasteiger partial charge >= 0.3 is 12.1 Å². The van der Waals surface area contributed by atoms with Gasteiger partial charge in [0.25, 0.3) is 0 Å². The number of amides is 1. The lowest BCUT2D eigenvalue weighted by Gasteiger charge is -2.16. The molecule has 0 aliphatic rings. The number of carbonyl (C=O) groups excluding carboxylic acids is 2. The summed E-state index contributed by atoms with van der Waals surface area (Å²) in [4.78, 5) is 23.0. The Morgan fingerprint density at radius 1 is 1.22 bits per heavy atom. The highest BCUT2D eigenvalue weighted by molar-refractivity contribution is 5.81. The van der Waals surface area contributed by atoms with Crippen LogP contribution in [0.5, 0.6) is 0 Å². The third kappa shape index (κ3) is 7.49. The van der Waals surface area contributed by atoms with Crippen molar-refractivity contribution in [2.75, 3.05) is 13.2 Å². The van der Waals surface area contributed by atoms with Crippen molar-refractivity contribution >= 4 is 12.1 Å². The molecule has 5 nitrogen and oxygen atoms in total. The fourth-order valence-electron chi connectivity index (χ4n) is 1.22. The van der Waals surface area contributed by atoms with Crippen molar-refractivity contribution in [2.24, 2.45) is 0 Å². The number of nitrogens with one attached hydrogen (secondary N) is 1. The smallest absolute Gasteiger partial charge is 0.408 e. The van der Waals surface area contributed by atoms with E-state index in [1.54, 1.807) is 0 Å². The van der Waals surface area contributed by atoms with Crippen molar-refractivity contribution in [3.05, 3.63) is 25.3 Å². The molecule has 5 heteroatoms. The van der Waals surface area contributed by atoms with Crippen LogP contribution in [-0.4, -0.2) is 31.3 Å². The molecule has 0 fully saturated rings.